The second-order valence-corrected chi connectivity index (χ2v) is 4.66. The van der Waals surface area contributed by atoms with Crippen LogP contribution in [0, 0.1) is 18.3 Å². The predicted octanol–water partition coefficient (Wildman–Crippen LogP) is 2.72. The van der Waals surface area contributed by atoms with Gasteiger partial charge in [-0.25, -0.2) is 4.39 Å². The molecule has 1 aliphatic carbocycles. The molecule has 1 heterocycles. The van der Waals surface area contributed by atoms with Crippen molar-refractivity contribution < 1.29 is 4.39 Å². The Hall–Kier alpha value is -1.33. The van der Waals surface area contributed by atoms with Crippen LogP contribution >= 0.6 is 0 Å². The Balaban J connectivity index is 1.82. The third-order valence-corrected chi connectivity index (χ3v) is 3.26. The molecule has 0 spiro atoms. The molecule has 0 aromatic rings. The maximum absolute atomic E-state index is 12.9. The number of rotatable bonds is 3. The van der Waals surface area contributed by atoms with Crippen molar-refractivity contribution in [2.45, 2.75) is 19.0 Å². The zero-order chi connectivity index (χ0) is 12.1. The van der Waals surface area contributed by atoms with Gasteiger partial charge in [0.25, 0.3) is 0 Å². The molecule has 2 atom stereocenters. The SMILES string of the molecule is C#CCN1CCC(/C=C/C2=CCC(F)C=C2)C1. The summed E-state index contributed by atoms with van der Waals surface area (Å²) in [4.78, 5) is 2.29. The van der Waals surface area contributed by atoms with E-state index in [1.165, 1.54) is 6.42 Å². The van der Waals surface area contributed by atoms with Crippen LogP contribution in [-0.2, 0) is 0 Å². The summed E-state index contributed by atoms with van der Waals surface area (Å²) in [5.41, 5.74) is 1.12. The fourth-order valence-electron chi connectivity index (χ4n) is 2.27. The molecule has 2 heteroatoms. The molecule has 0 amide bonds. The minimum Gasteiger partial charge on any atom is -0.292 e. The van der Waals surface area contributed by atoms with Crippen molar-refractivity contribution in [3.63, 3.8) is 0 Å². The van der Waals surface area contributed by atoms with Crippen LogP contribution in [0.15, 0.2) is 36.0 Å². The van der Waals surface area contributed by atoms with E-state index in [0.717, 1.165) is 25.2 Å². The molecule has 1 fully saturated rings. The molecule has 90 valence electrons. The Bertz CT molecular complexity index is 386. The Morgan fingerprint density at radius 1 is 1.59 bits per heavy atom. The molecule has 0 aromatic heterocycles. The molecule has 2 unspecified atom stereocenters. The summed E-state index contributed by atoms with van der Waals surface area (Å²) in [6, 6.07) is 0. The van der Waals surface area contributed by atoms with Crippen molar-refractivity contribution in [1.82, 2.24) is 4.90 Å². The van der Waals surface area contributed by atoms with Crippen LogP contribution in [0.4, 0.5) is 4.39 Å². The van der Waals surface area contributed by atoms with Gasteiger partial charge in [0.1, 0.15) is 6.17 Å². The largest absolute Gasteiger partial charge is 0.292 e. The van der Waals surface area contributed by atoms with E-state index in [1.54, 1.807) is 6.08 Å². The molecular weight excluding hydrogens is 213 g/mol. The van der Waals surface area contributed by atoms with Gasteiger partial charge in [-0.3, -0.25) is 4.90 Å². The lowest BCUT2D eigenvalue weighted by molar-refractivity contribution is 0.374. The first-order valence-electron chi connectivity index (χ1n) is 6.14. The third kappa shape index (κ3) is 3.57. The van der Waals surface area contributed by atoms with Gasteiger partial charge in [-0.05, 0) is 30.5 Å². The van der Waals surface area contributed by atoms with E-state index in [0.29, 0.717) is 12.3 Å². The standard InChI is InChI=1S/C15H18FN/c1-2-10-17-11-9-14(12-17)4-3-13-5-7-15(16)8-6-13/h1,3-7,14-15H,8-12H2/b4-3+. The number of alkyl halides is 1. The van der Waals surface area contributed by atoms with Crippen LogP contribution in [0.3, 0.4) is 0 Å². The summed E-state index contributed by atoms with van der Waals surface area (Å²) >= 11 is 0. The van der Waals surface area contributed by atoms with Gasteiger partial charge in [0.2, 0.25) is 0 Å². The Kier molecular flexibility index (Phi) is 4.17. The van der Waals surface area contributed by atoms with Crippen molar-refractivity contribution in [2.24, 2.45) is 5.92 Å². The first-order valence-corrected chi connectivity index (χ1v) is 6.14. The van der Waals surface area contributed by atoms with Gasteiger partial charge in [-0.1, -0.05) is 30.2 Å². The lowest BCUT2D eigenvalue weighted by Crippen LogP contribution is -2.20. The molecule has 0 bridgehead atoms. The summed E-state index contributed by atoms with van der Waals surface area (Å²) < 4.78 is 12.9. The zero-order valence-corrected chi connectivity index (χ0v) is 9.98. The van der Waals surface area contributed by atoms with Crippen LogP contribution in [-0.4, -0.2) is 30.7 Å². The molecule has 1 aliphatic heterocycles. The second kappa shape index (κ2) is 5.84. The number of likely N-dealkylation sites (tertiary alicyclic amines) is 1. The van der Waals surface area contributed by atoms with Gasteiger partial charge in [-0.15, -0.1) is 6.42 Å². The van der Waals surface area contributed by atoms with E-state index < -0.39 is 6.17 Å². The number of nitrogens with zero attached hydrogens (tertiary/aromatic N) is 1. The summed E-state index contributed by atoms with van der Waals surface area (Å²) in [7, 11) is 0. The lowest BCUT2D eigenvalue weighted by Gasteiger charge is -2.10. The van der Waals surface area contributed by atoms with Crippen molar-refractivity contribution in [1.29, 1.82) is 0 Å². The zero-order valence-electron chi connectivity index (χ0n) is 9.98. The van der Waals surface area contributed by atoms with Crippen LogP contribution in [0.5, 0.6) is 0 Å². The van der Waals surface area contributed by atoms with E-state index in [4.69, 9.17) is 6.42 Å². The van der Waals surface area contributed by atoms with Crippen LogP contribution in [0.25, 0.3) is 0 Å². The average molecular weight is 231 g/mol. The maximum Gasteiger partial charge on any atom is 0.122 e. The third-order valence-electron chi connectivity index (χ3n) is 3.26. The molecule has 0 N–H and O–H groups in total. The van der Waals surface area contributed by atoms with Gasteiger partial charge in [0.05, 0.1) is 6.54 Å². The minimum absolute atomic E-state index is 0.504. The highest BCUT2D eigenvalue weighted by molar-refractivity contribution is 5.34. The number of terminal acetylenes is 1. The van der Waals surface area contributed by atoms with Crippen LogP contribution in [0.1, 0.15) is 12.8 Å². The van der Waals surface area contributed by atoms with Crippen molar-refractivity contribution in [3.8, 4) is 12.3 Å². The Labute approximate surface area is 103 Å². The highest BCUT2D eigenvalue weighted by Crippen LogP contribution is 2.19. The van der Waals surface area contributed by atoms with Crippen molar-refractivity contribution in [3.05, 3.63) is 36.0 Å². The Morgan fingerprint density at radius 2 is 2.47 bits per heavy atom. The summed E-state index contributed by atoms with van der Waals surface area (Å²) in [6.45, 7) is 2.88. The van der Waals surface area contributed by atoms with Crippen LogP contribution < -0.4 is 0 Å². The first kappa shape index (κ1) is 12.1. The normalized spacial score (nSPS) is 29.5. The van der Waals surface area contributed by atoms with Gasteiger partial charge in [0, 0.05) is 13.0 Å². The fraction of sp³-hybridized carbons (Fsp3) is 0.467. The quantitative estimate of drug-likeness (QED) is 0.675. The number of hydrogen-bond donors (Lipinski definition) is 0. The van der Waals surface area contributed by atoms with Crippen LogP contribution in [0.2, 0.25) is 0 Å². The molecule has 0 aromatic carbocycles. The first-order chi connectivity index (χ1) is 8.28. The molecule has 1 nitrogen and oxygen atoms in total. The topological polar surface area (TPSA) is 3.24 Å². The number of hydrogen-bond acceptors (Lipinski definition) is 1. The summed E-state index contributed by atoms with van der Waals surface area (Å²) in [5.74, 6) is 3.26. The highest BCUT2D eigenvalue weighted by atomic mass is 19.1. The smallest absolute Gasteiger partial charge is 0.122 e. The number of halogens is 1. The van der Waals surface area contributed by atoms with Crippen molar-refractivity contribution in [2.75, 3.05) is 19.6 Å². The molecular formula is C15H18FN. The molecule has 0 radical (unpaired) electrons. The van der Waals surface area contributed by atoms with E-state index in [2.05, 4.69) is 23.0 Å². The van der Waals surface area contributed by atoms with E-state index in [9.17, 15) is 4.39 Å². The lowest BCUT2D eigenvalue weighted by atomic mass is 10.0. The average Bonchev–Trinajstić information content (AvgIpc) is 2.77. The van der Waals surface area contributed by atoms with E-state index in [-0.39, 0.29) is 0 Å². The molecule has 2 rings (SSSR count). The summed E-state index contributed by atoms with van der Waals surface area (Å²) in [5, 5.41) is 0. The van der Waals surface area contributed by atoms with Gasteiger partial charge < -0.3 is 0 Å². The monoisotopic (exact) mass is 231 g/mol. The van der Waals surface area contributed by atoms with E-state index in [1.807, 2.05) is 12.2 Å². The van der Waals surface area contributed by atoms with E-state index >= 15 is 0 Å². The highest BCUT2D eigenvalue weighted by Gasteiger charge is 2.19. The summed E-state index contributed by atoms with van der Waals surface area (Å²) in [6.07, 6.45) is 15.9. The number of allylic oxidation sites excluding steroid dienone is 5. The maximum atomic E-state index is 12.9. The molecule has 17 heavy (non-hydrogen) atoms. The molecule has 2 aliphatic rings. The molecule has 0 saturated carbocycles. The Morgan fingerprint density at radius 3 is 3.18 bits per heavy atom. The predicted molar refractivity (Wildman–Crippen MR) is 69.3 cm³/mol. The fourth-order valence-corrected chi connectivity index (χ4v) is 2.27. The minimum atomic E-state index is -0.801. The second-order valence-electron chi connectivity index (χ2n) is 4.66. The molecule has 1 saturated heterocycles. The van der Waals surface area contributed by atoms with Gasteiger partial charge in [0.15, 0.2) is 0 Å². The van der Waals surface area contributed by atoms with Gasteiger partial charge >= 0.3 is 0 Å². The van der Waals surface area contributed by atoms with Crippen molar-refractivity contribution >= 4 is 0 Å². The van der Waals surface area contributed by atoms with Gasteiger partial charge in [-0.2, -0.15) is 0 Å².